The summed E-state index contributed by atoms with van der Waals surface area (Å²) in [4.78, 5) is 30.9. The molecule has 0 radical (unpaired) electrons. The summed E-state index contributed by atoms with van der Waals surface area (Å²) in [6.07, 6.45) is 3.79. The van der Waals surface area contributed by atoms with E-state index in [1.54, 1.807) is 6.20 Å². The van der Waals surface area contributed by atoms with Gasteiger partial charge in [0.25, 0.3) is 0 Å². The zero-order valence-corrected chi connectivity index (χ0v) is 17.6. The molecular weight excluding hydrogens is 386 g/mol. The largest absolute Gasteiger partial charge is 0.294 e. The predicted molar refractivity (Wildman–Crippen MR) is 121 cm³/mol. The van der Waals surface area contributed by atoms with E-state index in [4.69, 9.17) is 0 Å². The van der Waals surface area contributed by atoms with E-state index in [0.29, 0.717) is 30.3 Å². The van der Waals surface area contributed by atoms with Gasteiger partial charge in [-0.1, -0.05) is 43.3 Å². The molecule has 4 aromatic rings. The molecule has 1 aliphatic carbocycles. The first kappa shape index (κ1) is 19.3. The molecule has 6 nitrogen and oxygen atoms in total. The number of anilines is 2. The smallest absolute Gasteiger partial charge is 0.230 e. The fourth-order valence-corrected chi connectivity index (χ4v) is 4.17. The highest BCUT2D eigenvalue weighted by Crippen LogP contribution is 2.32. The van der Waals surface area contributed by atoms with Gasteiger partial charge in [-0.15, -0.1) is 0 Å². The number of Topliss-reactive ketones (excluding diaryl/α,β-unsaturated/α-hetero) is 1. The molecular formula is C25H23N5O. The van der Waals surface area contributed by atoms with Crippen LogP contribution in [0.4, 0.5) is 11.9 Å². The van der Waals surface area contributed by atoms with Gasteiger partial charge < -0.3 is 0 Å². The highest BCUT2D eigenvalue weighted by molar-refractivity contribution is 5.98. The SMILES string of the molecule is CCc1ccc2nc(Nc3ncc4c(n3)C[C@H](c3ccccc3)CC4=O)nc(C)c2c1. The summed E-state index contributed by atoms with van der Waals surface area (Å²) >= 11 is 0. The van der Waals surface area contributed by atoms with Crippen LogP contribution in [0.3, 0.4) is 0 Å². The molecule has 2 heterocycles. The van der Waals surface area contributed by atoms with Crippen molar-refractivity contribution in [2.75, 3.05) is 5.32 Å². The van der Waals surface area contributed by atoms with Crippen molar-refractivity contribution in [3.8, 4) is 0 Å². The minimum atomic E-state index is 0.0891. The van der Waals surface area contributed by atoms with Gasteiger partial charge in [-0.25, -0.2) is 19.9 Å². The fraction of sp³-hybridized carbons (Fsp3) is 0.240. The lowest BCUT2D eigenvalue weighted by Gasteiger charge is -2.23. The Labute approximate surface area is 180 Å². The third kappa shape index (κ3) is 3.77. The average Bonchev–Trinajstić information content (AvgIpc) is 2.79. The summed E-state index contributed by atoms with van der Waals surface area (Å²) in [5.74, 6) is 1.09. The number of ketones is 1. The van der Waals surface area contributed by atoms with Crippen molar-refractivity contribution in [3.05, 3.63) is 82.8 Å². The Morgan fingerprint density at radius 2 is 1.84 bits per heavy atom. The number of carbonyl (C=O) groups excluding carboxylic acids is 1. The van der Waals surface area contributed by atoms with Crippen molar-refractivity contribution in [3.63, 3.8) is 0 Å². The number of nitrogens with one attached hydrogen (secondary N) is 1. The highest BCUT2D eigenvalue weighted by Gasteiger charge is 2.28. The Bertz CT molecular complexity index is 1290. The van der Waals surface area contributed by atoms with Gasteiger partial charge in [-0.3, -0.25) is 10.1 Å². The maximum atomic E-state index is 12.7. The molecule has 5 rings (SSSR count). The molecule has 2 aromatic heterocycles. The lowest BCUT2D eigenvalue weighted by atomic mass is 9.82. The lowest BCUT2D eigenvalue weighted by Crippen LogP contribution is -2.21. The Balaban J connectivity index is 1.44. The second-order valence-electron chi connectivity index (χ2n) is 7.96. The second kappa shape index (κ2) is 7.87. The van der Waals surface area contributed by atoms with E-state index in [1.807, 2.05) is 31.2 Å². The van der Waals surface area contributed by atoms with Crippen molar-refractivity contribution in [1.29, 1.82) is 0 Å². The second-order valence-corrected chi connectivity index (χ2v) is 7.96. The van der Waals surface area contributed by atoms with Gasteiger partial charge in [-0.2, -0.15) is 0 Å². The van der Waals surface area contributed by atoms with Crippen LogP contribution in [0, 0.1) is 6.92 Å². The van der Waals surface area contributed by atoms with Crippen molar-refractivity contribution < 1.29 is 4.79 Å². The van der Waals surface area contributed by atoms with Crippen molar-refractivity contribution in [1.82, 2.24) is 19.9 Å². The number of carbonyl (C=O) groups is 1. The number of nitrogens with zero attached hydrogens (tertiary/aromatic N) is 4. The summed E-state index contributed by atoms with van der Waals surface area (Å²) in [5.41, 5.74) is 5.59. The molecule has 0 unspecified atom stereocenters. The van der Waals surface area contributed by atoms with Gasteiger partial charge in [0, 0.05) is 18.0 Å². The molecule has 6 heteroatoms. The third-order valence-corrected chi connectivity index (χ3v) is 5.89. The van der Waals surface area contributed by atoms with E-state index in [0.717, 1.165) is 34.3 Å². The van der Waals surface area contributed by atoms with Gasteiger partial charge in [0.15, 0.2) is 5.78 Å². The summed E-state index contributed by atoms with van der Waals surface area (Å²) < 4.78 is 0. The molecule has 2 aromatic carbocycles. The van der Waals surface area contributed by atoms with Gasteiger partial charge >= 0.3 is 0 Å². The zero-order valence-electron chi connectivity index (χ0n) is 17.6. The predicted octanol–water partition coefficient (Wildman–Crippen LogP) is 4.95. The number of aromatic nitrogens is 4. The highest BCUT2D eigenvalue weighted by atomic mass is 16.1. The monoisotopic (exact) mass is 409 g/mol. The van der Waals surface area contributed by atoms with Crippen molar-refractivity contribution >= 4 is 28.6 Å². The first-order chi connectivity index (χ1) is 15.1. The Morgan fingerprint density at radius 3 is 2.65 bits per heavy atom. The number of hydrogen-bond donors (Lipinski definition) is 1. The van der Waals surface area contributed by atoms with Gasteiger partial charge in [0.1, 0.15) is 0 Å². The molecule has 0 amide bonds. The van der Waals surface area contributed by atoms with Crippen LogP contribution >= 0.6 is 0 Å². The summed E-state index contributed by atoms with van der Waals surface area (Å²) in [5, 5.41) is 4.18. The molecule has 0 saturated carbocycles. The molecule has 0 aliphatic heterocycles. The molecule has 1 aliphatic rings. The van der Waals surface area contributed by atoms with Crippen molar-refractivity contribution in [2.24, 2.45) is 0 Å². The zero-order chi connectivity index (χ0) is 21.4. The van der Waals surface area contributed by atoms with Crippen LogP contribution in [0.15, 0.2) is 54.7 Å². The number of aryl methyl sites for hydroxylation is 2. The molecule has 1 N–H and O–H groups in total. The minimum absolute atomic E-state index is 0.0891. The molecule has 0 saturated heterocycles. The normalized spacial score (nSPS) is 15.7. The van der Waals surface area contributed by atoms with E-state index in [-0.39, 0.29) is 11.7 Å². The first-order valence-corrected chi connectivity index (χ1v) is 10.6. The maximum Gasteiger partial charge on any atom is 0.230 e. The quantitative estimate of drug-likeness (QED) is 0.514. The van der Waals surface area contributed by atoms with Crippen LogP contribution in [0.5, 0.6) is 0 Å². The van der Waals surface area contributed by atoms with Crippen LogP contribution in [-0.4, -0.2) is 25.7 Å². The molecule has 1 atom stereocenters. The first-order valence-electron chi connectivity index (χ1n) is 10.6. The third-order valence-electron chi connectivity index (χ3n) is 5.89. The lowest BCUT2D eigenvalue weighted by molar-refractivity contribution is 0.0962. The van der Waals surface area contributed by atoms with E-state index in [2.05, 4.69) is 56.4 Å². The number of hydrogen-bond acceptors (Lipinski definition) is 6. The average molecular weight is 409 g/mol. The van der Waals surface area contributed by atoms with Crippen LogP contribution in [0.1, 0.15) is 52.1 Å². The number of benzene rings is 2. The Kier molecular flexibility index (Phi) is 4.90. The molecule has 0 spiro atoms. The fourth-order valence-electron chi connectivity index (χ4n) is 4.17. The Morgan fingerprint density at radius 1 is 1.00 bits per heavy atom. The summed E-state index contributed by atoms with van der Waals surface area (Å²) in [7, 11) is 0. The molecule has 0 fully saturated rings. The van der Waals surface area contributed by atoms with Crippen LogP contribution in [0.2, 0.25) is 0 Å². The van der Waals surface area contributed by atoms with Crippen LogP contribution < -0.4 is 5.32 Å². The van der Waals surface area contributed by atoms with E-state index >= 15 is 0 Å². The number of rotatable bonds is 4. The van der Waals surface area contributed by atoms with E-state index in [1.165, 1.54) is 5.56 Å². The van der Waals surface area contributed by atoms with Crippen molar-refractivity contribution in [2.45, 2.75) is 39.0 Å². The standard InChI is InChI=1S/C25H23N5O/c1-3-16-9-10-21-19(11-16)15(2)27-25(28-21)30-24-26-14-20-22(29-24)12-18(13-23(20)31)17-7-5-4-6-8-17/h4-11,14,18H,3,12-13H2,1-2H3,(H,26,27,28,29,30)/t18-/m0/s1. The van der Waals surface area contributed by atoms with E-state index in [9.17, 15) is 4.79 Å². The topological polar surface area (TPSA) is 80.7 Å². The molecule has 0 bridgehead atoms. The van der Waals surface area contributed by atoms with Crippen LogP contribution in [0.25, 0.3) is 10.9 Å². The van der Waals surface area contributed by atoms with Gasteiger partial charge in [0.2, 0.25) is 11.9 Å². The Hall–Kier alpha value is -3.67. The summed E-state index contributed by atoms with van der Waals surface area (Å²) in [6.45, 7) is 4.11. The van der Waals surface area contributed by atoms with E-state index < -0.39 is 0 Å². The maximum absolute atomic E-state index is 12.7. The minimum Gasteiger partial charge on any atom is -0.294 e. The van der Waals surface area contributed by atoms with Gasteiger partial charge in [0.05, 0.1) is 22.5 Å². The molecule has 31 heavy (non-hydrogen) atoms. The number of fused-ring (bicyclic) bond motifs is 2. The van der Waals surface area contributed by atoms with Gasteiger partial charge in [-0.05, 0) is 48.9 Å². The molecule has 154 valence electrons. The summed E-state index contributed by atoms with van der Waals surface area (Å²) in [6, 6.07) is 16.4. The van der Waals surface area contributed by atoms with Crippen LogP contribution in [-0.2, 0) is 12.8 Å².